The molecule has 0 saturated carbocycles. The van der Waals surface area contributed by atoms with Crippen LogP contribution in [0, 0.1) is 29.1 Å². The normalized spacial score (nSPS) is 12.1. The first kappa shape index (κ1) is 19.3. The molecule has 28 heavy (non-hydrogen) atoms. The van der Waals surface area contributed by atoms with Gasteiger partial charge in [-0.15, -0.1) is 0 Å². The molecule has 0 aliphatic heterocycles. The van der Waals surface area contributed by atoms with Crippen molar-refractivity contribution in [2.45, 2.75) is 13.0 Å². The highest BCUT2D eigenvalue weighted by Crippen LogP contribution is 2.30. The number of nitrogens with one attached hydrogen (secondary N) is 1. The predicted molar refractivity (Wildman–Crippen MR) is 87.4 cm³/mol. The molecule has 1 atom stereocenters. The van der Waals surface area contributed by atoms with Crippen molar-refractivity contribution >= 4 is 22.6 Å². The van der Waals surface area contributed by atoms with Gasteiger partial charge in [-0.3, -0.25) is 9.59 Å². The van der Waals surface area contributed by atoms with Gasteiger partial charge in [-0.25, -0.2) is 13.2 Å². The first-order chi connectivity index (χ1) is 13.2. The van der Waals surface area contributed by atoms with Crippen molar-refractivity contribution in [3.05, 3.63) is 69.8 Å². The molecule has 0 saturated heterocycles. The van der Waals surface area contributed by atoms with Crippen LogP contribution in [0.3, 0.4) is 0 Å². The van der Waals surface area contributed by atoms with Gasteiger partial charge in [0, 0.05) is 11.8 Å². The van der Waals surface area contributed by atoms with Crippen LogP contribution >= 0.6 is 0 Å². The van der Waals surface area contributed by atoms with Crippen LogP contribution in [0.4, 0.5) is 27.6 Å². The van der Waals surface area contributed by atoms with E-state index >= 15 is 0 Å². The van der Waals surface area contributed by atoms with Gasteiger partial charge in [0.1, 0.15) is 5.58 Å². The van der Waals surface area contributed by atoms with Crippen molar-refractivity contribution in [2.75, 3.05) is 5.32 Å². The minimum Gasteiger partial charge on any atom is -0.474 e. The fraction of sp³-hybridized carbons (Fsp3) is 0.111. The minimum atomic E-state index is -2.34. The number of benzene rings is 2. The minimum absolute atomic E-state index is 0.129. The second-order valence-electron chi connectivity index (χ2n) is 5.64. The summed E-state index contributed by atoms with van der Waals surface area (Å²) in [5.41, 5.74) is 0.0168. The molecule has 0 aliphatic carbocycles. The Kier molecular flexibility index (Phi) is 5.04. The van der Waals surface area contributed by atoms with Gasteiger partial charge in [-0.2, -0.15) is 8.78 Å². The monoisotopic (exact) mass is 399 g/mol. The van der Waals surface area contributed by atoms with Gasteiger partial charge >= 0.3 is 0 Å². The third kappa shape index (κ3) is 3.40. The fourth-order valence-corrected chi connectivity index (χ4v) is 2.32. The highest BCUT2D eigenvalue weighted by molar-refractivity contribution is 5.96. The molecule has 10 heteroatoms. The van der Waals surface area contributed by atoms with Crippen LogP contribution in [0.2, 0.25) is 0 Å². The molecule has 0 bridgehead atoms. The Balaban J connectivity index is 1.83. The molecular weight excluding hydrogens is 389 g/mol. The van der Waals surface area contributed by atoms with Crippen molar-refractivity contribution in [1.82, 2.24) is 0 Å². The number of hydrogen-bond acceptors (Lipinski definition) is 4. The van der Waals surface area contributed by atoms with Crippen molar-refractivity contribution < 1.29 is 35.9 Å². The molecule has 0 spiro atoms. The van der Waals surface area contributed by atoms with E-state index in [1.807, 2.05) is 0 Å². The molecule has 1 unspecified atom stereocenters. The highest BCUT2D eigenvalue weighted by atomic mass is 19.2. The largest absolute Gasteiger partial charge is 0.474 e. The van der Waals surface area contributed by atoms with Crippen molar-refractivity contribution in [1.29, 1.82) is 0 Å². The number of halogens is 5. The summed E-state index contributed by atoms with van der Waals surface area (Å²) in [5, 5.41) is 2.47. The van der Waals surface area contributed by atoms with Crippen LogP contribution in [-0.4, -0.2) is 12.0 Å². The van der Waals surface area contributed by atoms with E-state index in [1.54, 1.807) is 0 Å². The quantitative estimate of drug-likeness (QED) is 0.411. The summed E-state index contributed by atoms with van der Waals surface area (Å²) >= 11 is 0. The van der Waals surface area contributed by atoms with E-state index in [0.29, 0.717) is 0 Å². The number of rotatable bonds is 4. The van der Waals surface area contributed by atoms with Crippen molar-refractivity contribution in [3.63, 3.8) is 0 Å². The first-order valence-corrected chi connectivity index (χ1v) is 7.71. The molecule has 5 nitrogen and oxygen atoms in total. The number of anilines is 1. The third-order valence-electron chi connectivity index (χ3n) is 3.76. The maximum Gasteiger partial charge on any atom is 0.265 e. The van der Waals surface area contributed by atoms with E-state index in [0.717, 1.165) is 6.92 Å². The predicted octanol–water partition coefficient (Wildman–Crippen LogP) is 3.89. The van der Waals surface area contributed by atoms with E-state index in [-0.39, 0.29) is 22.1 Å². The van der Waals surface area contributed by atoms with Gasteiger partial charge in [0.25, 0.3) is 5.91 Å². The van der Waals surface area contributed by atoms with Gasteiger partial charge in [-0.1, -0.05) is 0 Å². The summed E-state index contributed by atoms with van der Waals surface area (Å²) in [6.45, 7) is 1.04. The van der Waals surface area contributed by atoms with Crippen LogP contribution < -0.4 is 15.5 Å². The summed E-state index contributed by atoms with van der Waals surface area (Å²) in [6.07, 6.45) is -0.431. The maximum atomic E-state index is 13.6. The summed E-state index contributed by atoms with van der Waals surface area (Å²) in [5.74, 6) is -13.6. The van der Waals surface area contributed by atoms with Gasteiger partial charge in [0.2, 0.25) is 29.1 Å². The van der Waals surface area contributed by atoms with E-state index in [2.05, 4.69) is 10.1 Å². The van der Waals surface area contributed by atoms with Gasteiger partial charge in [-0.05, 0) is 25.1 Å². The van der Waals surface area contributed by atoms with Crippen molar-refractivity contribution in [2.24, 2.45) is 0 Å². The molecule has 1 heterocycles. The number of ether oxygens (including phenoxy) is 1. The van der Waals surface area contributed by atoms with Crippen LogP contribution in [0.1, 0.15) is 6.92 Å². The number of carbonyl (C=O) groups excluding carboxylic acids is 1. The molecule has 3 rings (SSSR count). The van der Waals surface area contributed by atoms with Gasteiger partial charge in [0.05, 0.1) is 11.6 Å². The van der Waals surface area contributed by atoms with E-state index in [1.165, 1.54) is 30.5 Å². The number of fused-ring (bicyclic) bond motifs is 1. The van der Waals surface area contributed by atoms with Crippen LogP contribution in [0.5, 0.6) is 5.75 Å². The maximum absolute atomic E-state index is 13.6. The lowest BCUT2D eigenvalue weighted by Gasteiger charge is -2.16. The third-order valence-corrected chi connectivity index (χ3v) is 3.76. The Morgan fingerprint density at radius 1 is 1.00 bits per heavy atom. The molecule has 0 aliphatic rings. The Morgan fingerprint density at radius 2 is 1.61 bits per heavy atom. The molecular formula is C18H10F5NO4. The second-order valence-corrected chi connectivity index (χ2v) is 5.64. The van der Waals surface area contributed by atoms with E-state index in [4.69, 9.17) is 4.42 Å². The molecule has 146 valence electrons. The molecule has 1 aromatic heterocycles. The lowest BCUT2D eigenvalue weighted by atomic mass is 10.2. The molecule has 0 fully saturated rings. The van der Waals surface area contributed by atoms with E-state index < -0.39 is 46.8 Å². The Hall–Kier alpha value is -3.43. The first-order valence-electron chi connectivity index (χ1n) is 7.71. The number of carbonyl (C=O) groups is 1. The molecule has 1 amide bonds. The lowest BCUT2D eigenvalue weighted by molar-refractivity contribution is -0.122. The summed E-state index contributed by atoms with van der Waals surface area (Å²) in [7, 11) is 0. The summed E-state index contributed by atoms with van der Waals surface area (Å²) in [4.78, 5) is 23.9. The number of hydrogen-bond donors (Lipinski definition) is 1. The average Bonchev–Trinajstić information content (AvgIpc) is 2.68. The Morgan fingerprint density at radius 3 is 2.25 bits per heavy atom. The van der Waals surface area contributed by atoms with Crippen LogP contribution in [-0.2, 0) is 4.79 Å². The topological polar surface area (TPSA) is 68.5 Å². The molecule has 3 aromatic rings. The standard InChI is InChI=1S/C18H10F5NO4/c1-7(28-17-15(22)13(20)12(19)14(21)16(17)23)18(26)24-8-2-3-11-9(6-8)10(25)4-5-27-11/h2-7H,1H3,(H,24,26). The smallest absolute Gasteiger partial charge is 0.265 e. The van der Waals surface area contributed by atoms with Crippen LogP contribution in [0.25, 0.3) is 11.0 Å². The van der Waals surface area contributed by atoms with Gasteiger partial charge in [0.15, 0.2) is 17.3 Å². The zero-order valence-electron chi connectivity index (χ0n) is 14.0. The SMILES string of the molecule is CC(Oc1c(F)c(F)c(F)c(F)c1F)C(=O)Nc1ccc2occc(=O)c2c1. The zero-order valence-corrected chi connectivity index (χ0v) is 14.0. The average molecular weight is 399 g/mol. The molecule has 2 aromatic carbocycles. The second kappa shape index (κ2) is 7.29. The molecule has 1 N–H and O–H groups in total. The molecule has 0 radical (unpaired) electrons. The summed E-state index contributed by atoms with van der Waals surface area (Å²) < 4.78 is 76.5. The fourth-order valence-electron chi connectivity index (χ4n) is 2.32. The van der Waals surface area contributed by atoms with Gasteiger partial charge < -0.3 is 14.5 Å². The summed E-state index contributed by atoms with van der Waals surface area (Å²) in [6, 6.07) is 5.25. The van der Waals surface area contributed by atoms with Crippen LogP contribution in [0.15, 0.2) is 39.7 Å². The Bertz CT molecular complexity index is 1120. The van der Waals surface area contributed by atoms with E-state index in [9.17, 15) is 31.5 Å². The zero-order chi connectivity index (χ0) is 20.6. The highest BCUT2D eigenvalue weighted by Gasteiger charge is 2.29. The number of amides is 1. The van der Waals surface area contributed by atoms with Crippen molar-refractivity contribution in [3.8, 4) is 5.75 Å². The lowest BCUT2D eigenvalue weighted by Crippen LogP contribution is -2.31. The Labute approximate surface area is 153 Å².